The first-order valence-corrected chi connectivity index (χ1v) is 8.23. The second-order valence-corrected chi connectivity index (χ2v) is 6.84. The highest BCUT2D eigenvalue weighted by Gasteiger charge is 2.17. The maximum absolute atomic E-state index is 5.02. The lowest BCUT2D eigenvalue weighted by molar-refractivity contribution is 0.195. The topological polar surface area (TPSA) is 58.5 Å². The van der Waals surface area contributed by atoms with Crippen LogP contribution in [0.4, 0.5) is 0 Å². The molecule has 1 heterocycles. The van der Waals surface area contributed by atoms with Gasteiger partial charge in [-0.25, -0.2) is 4.98 Å². The predicted molar refractivity (Wildman–Crippen MR) is 90.4 cm³/mol. The highest BCUT2D eigenvalue weighted by molar-refractivity contribution is 7.09. The molecule has 0 saturated heterocycles. The molecule has 0 aliphatic carbocycles. The molecule has 0 saturated carbocycles. The van der Waals surface area contributed by atoms with Crippen LogP contribution in [0.15, 0.2) is 10.4 Å². The predicted octanol–water partition coefficient (Wildman–Crippen LogP) is 2.18. The number of hydrogen-bond donors (Lipinski definition) is 2. The Hall–Kier alpha value is -1.14. The van der Waals surface area contributed by atoms with Gasteiger partial charge in [0.25, 0.3) is 0 Å². The van der Waals surface area contributed by atoms with E-state index in [2.05, 4.69) is 41.8 Å². The van der Waals surface area contributed by atoms with Crippen LogP contribution in [-0.4, -0.2) is 44.8 Å². The van der Waals surface area contributed by atoms with Gasteiger partial charge in [-0.05, 0) is 6.42 Å². The van der Waals surface area contributed by atoms with Crippen molar-refractivity contribution in [1.82, 2.24) is 15.6 Å². The summed E-state index contributed by atoms with van der Waals surface area (Å²) in [6.07, 6.45) is 1.89. The average molecular weight is 312 g/mol. The summed E-state index contributed by atoms with van der Waals surface area (Å²) < 4.78 is 5.02. The molecule has 0 atom stereocenters. The van der Waals surface area contributed by atoms with E-state index < -0.39 is 0 Å². The normalized spacial score (nSPS) is 12.5. The highest BCUT2D eigenvalue weighted by Crippen LogP contribution is 2.23. The summed E-state index contributed by atoms with van der Waals surface area (Å²) in [7, 11) is 3.50. The molecule has 1 rings (SSSR count). The van der Waals surface area contributed by atoms with Crippen LogP contribution in [0.1, 0.15) is 37.9 Å². The summed E-state index contributed by atoms with van der Waals surface area (Å²) in [5, 5.41) is 9.90. The fraction of sp³-hybridized carbons (Fsp3) is 0.733. The molecule has 0 aromatic carbocycles. The van der Waals surface area contributed by atoms with Crippen LogP contribution in [0, 0.1) is 0 Å². The molecule has 1 aromatic heterocycles. The first-order valence-electron chi connectivity index (χ1n) is 7.35. The molecule has 5 nitrogen and oxygen atoms in total. The molecular weight excluding hydrogens is 284 g/mol. The van der Waals surface area contributed by atoms with Gasteiger partial charge in [0.2, 0.25) is 0 Å². The van der Waals surface area contributed by atoms with E-state index in [1.54, 1.807) is 25.5 Å². The summed E-state index contributed by atoms with van der Waals surface area (Å²) in [6.45, 7) is 9.03. The van der Waals surface area contributed by atoms with Crippen molar-refractivity contribution >= 4 is 17.3 Å². The number of hydrogen-bond acceptors (Lipinski definition) is 4. The Balaban J connectivity index is 2.30. The number of thiazole rings is 1. The van der Waals surface area contributed by atoms with Crippen LogP contribution in [-0.2, 0) is 16.6 Å². The Bertz CT molecular complexity index is 437. The second kappa shape index (κ2) is 9.00. The summed E-state index contributed by atoms with van der Waals surface area (Å²) in [4.78, 5) is 8.89. The third-order valence-corrected chi connectivity index (χ3v) is 3.90. The molecule has 120 valence electrons. The van der Waals surface area contributed by atoms with Crippen LogP contribution >= 0.6 is 11.3 Å². The van der Waals surface area contributed by atoms with E-state index in [1.807, 2.05) is 0 Å². The van der Waals surface area contributed by atoms with E-state index >= 15 is 0 Å². The quantitative estimate of drug-likeness (QED) is 0.460. The van der Waals surface area contributed by atoms with Gasteiger partial charge < -0.3 is 15.4 Å². The fourth-order valence-electron chi connectivity index (χ4n) is 1.70. The molecule has 0 aliphatic rings. The number of methoxy groups -OCH3 is 1. The van der Waals surface area contributed by atoms with E-state index in [0.29, 0.717) is 0 Å². The van der Waals surface area contributed by atoms with Crippen molar-refractivity contribution in [1.29, 1.82) is 0 Å². The van der Waals surface area contributed by atoms with Crippen molar-refractivity contribution in [2.75, 3.05) is 33.9 Å². The molecule has 1 aromatic rings. The Labute approximate surface area is 132 Å². The van der Waals surface area contributed by atoms with E-state index in [4.69, 9.17) is 9.72 Å². The number of guanidine groups is 1. The molecule has 0 fully saturated rings. The minimum Gasteiger partial charge on any atom is -0.385 e. The summed E-state index contributed by atoms with van der Waals surface area (Å²) in [5.41, 5.74) is 1.30. The van der Waals surface area contributed by atoms with Gasteiger partial charge in [-0.1, -0.05) is 20.8 Å². The van der Waals surface area contributed by atoms with Gasteiger partial charge in [-0.3, -0.25) is 4.99 Å². The SMILES string of the molecule is CN=C(NCCCOC)NCCc1nc(C(C)(C)C)cs1. The van der Waals surface area contributed by atoms with E-state index in [-0.39, 0.29) is 5.41 Å². The first kappa shape index (κ1) is 17.9. The average Bonchev–Trinajstić information content (AvgIpc) is 2.90. The van der Waals surface area contributed by atoms with Crippen molar-refractivity contribution in [3.63, 3.8) is 0 Å². The molecule has 0 spiro atoms. The highest BCUT2D eigenvalue weighted by atomic mass is 32.1. The van der Waals surface area contributed by atoms with Gasteiger partial charge in [-0.15, -0.1) is 11.3 Å². The molecule has 0 unspecified atom stereocenters. The molecule has 0 radical (unpaired) electrons. The number of aromatic nitrogens is 1. The van der Waals surface area contributed by atoms with Crippen molar-refractivity contribution in [3.05, 3.63) is 16.1 Å². The van der Waals surface area contributed by atoms with Crippen LogP contribution in [0.5, 0.6) is 0 Å². The van der Waals surface area contributed by atoms with Gasteiger partial charge >= 0.3 is 0 Å². The van der Waals surface area contributed by atoms with Crippen molar-refractivity contribution in [2.45, 2.75) is 39.0 Å². The molecule has 0 aliphatic heterocycles. The minimum atomic E-state index is 0.126. The van der Waals surface area contributed by atoms with E-state index in [0.717, 1.165) is 38.5 Å². The van der Waals surface area contributed by atoms with Gasteiger partial charge in [0.15, 0.2) is 5.96 Å². The largest absolute Gasteiger partial charge is 0.385 e. The summed E-state index contributed by atoms with van der Waals surface area (Å²) >= 11 is 1.73. The summed E-state index contributed by atoms with van der Waals surface area (Å²) in [6, 6.07) is 0. The van der Waals surface area contributed by atoms with Crippen LogP contribution in [0.2, 0.25) is 0 Å². The zero-order valence-electron chi connectivity index (χ0n) is 13.8. The van der Waals surface area contributed by atoms with E-state index in [9.17, 15) is 0 Å². The number of nitrogens with one attached hydrogen (secondary N) is 2. The Morgan fingerprint density at radius 3 is 2.62 bits per heavy atom. The molecule has 2 N–H and O–H groups in total. The second-order valence-electron chi connectivity index (χ2n) is 5.90. The molecule has 0 amide bonds. The third kappa shape index (κ3) is 6.91. The minimum absolute atomic E-state index is 0.126. The van der Waals surface area contributed by atoms with Crippen LogP contribution in [0.3, 0.4) is 0 Å². The van der Waals surface area contributed by atoms with Crippen molar-refractivity contribution in [3.8, 4) is 0 Å². The Morgan fingerprint density at radius 1 is 1.33 bits per heavy atom. The number of nitrogens with zero attached hydrogens (tertiary/aromatic N) is 2. The molecular formula is C15H28N4OS. The van der Waals surface area contributed by atoms with Gasteiger partial charge in [0.05, 0.1) is 10.7 Å². The maximum atomic E-state index is 5.02. The van der Waals surface area contributed by atoms with E-state index in [1.165, 1.54) is 10.7 Å². The van der Waals surface area contributed by atoms with Gasteiger partial charge in [-0.2, -0.15) is 0 Å². The molecule has 6 heteroatoms. The maximum Gasteiger partial charge on any atom is 0.190 e. The fourth-order valence-corrected chi connectivity index (χ4v) is 2.73. The smallest absolute Gasteiger partial charge is 0.190 e. The number of ether oxygens (including phenoxy) is 1. The lowest BCUT2D eigenvalue weighted by atomic mass is 9.93. The van der Waals surface area contributed by atoms with Gasteiger partial charge in [0, 0.05) is 51.1 Å². The van der Waals surface area contributed by atoms with Crippen LogP contribution in [0.25, 0.3) is 0 Å². The lowest BCUT2D eigenvalue weighted by Crippen LogP contribution is -2.39. The summed E-state index contributed by atoms with van der Waals surface area (Å²) in [5.74, 6) is 0.832. The Morgan fingerprint density at radius 2 is 2.05 bits per heavy atom. The zero-order valence-corrected chi connectivity index (χ0v) is 14.6. The molecule has 21 heavy (non-hydrogen) atoms. The molecule has 0 bridgehead atoms. The van der Waals surface area contributed by atoms with Crippen molar-refractivity contribution < 1.29 is 4.74 Å². The lowest BCUT2D eigenvalue weighted by Gasteiger charge is -2.14. The number of rotatable bonds is 7. The zero-order chi connectivity index (χ0) is 15.7. The van der Waals surface area contributed by atoms with Crippen LogP contribution < -0.4 is 10.6 Å². The third-order valence-electron chi connectivity index (χ3n) is 2.99. The monoisotopic (exact) mass is 312 g/mol. The standard InChI is InChI=1S/C15H28N4OS/c1-15(2,3)12-11-21-13(19-12)7-9-18-14(16-4)17-8-6-10-20-5/h11H,6-10H2,1-5H3,(H2,16,17,18). The number of aliphatic imine (C=N–C) groups is 1. The Kier molecular flexibility index (Phi) is 7.67. The van der Waals surface area contributed by atoms with Crippen molar-refractivity contribution in [2.24, 2.45) is 4.99 Å². The van der Waals surface area contributed by atoms with Gasteiger partial charge in [0.1, 0.15) is 0 Å². The first-order chi connectivity index (χ1) is 9.97.